The van der Waals surface area contributed by atoms with Crippen LogP contribution in [-0.2, 0) is 20.0 Å². The van der Waals surface area contributed by atoms with Crippen LogP contribution in [0.15, 0.2) is 18.6 Å². The van der Waals surface area contributed by atoms with E-state index >= 15 is 0 Å². The van der Waals surface area contributed by atoms with Crippen LogP contribution in [0, 0.1) is 0 Å². The van der Waals surface area contributed by atoms with Gasteiger partial charge in [-0.2, -0.15) is 5.10 Å². The number of halogens is 1. The molecule has 2 rings (SSSR count). The van der Waals surface area contributed by atoms with E-state index in [1.807, 2.05) is 19.3 Å². The van der Waals surface area contributed by atoms with Crippen molar-refractivity contribution in [3.63, 3.8) is 0 Å². The molecule has 2 aromatic rings. The van der Waals surface area contributed by atoms with E-state index in [1.54, 1.807) is 4.68 Å². The normalized spacial score (nSPS) is 10.6. The molecule has 6 heteroatoms. The molecule has 0 spiro atoms. The Morgan fingerprint density at radius 1 is 1.39 bits per heavy atom. The summed E-state index contributed by atoms with van der Waals surface area (Å²) >= 11 is 6.08. The standard InChI is InChI=1S/C12H16ClN5/c1-3-4-10-11(13)15-8-16-12(10)14-7-9-5-6-18(2)17-9/h5-6,8H,3-4,7H2,1-2H3,(H,14,15,16). The van der Waals surface area contributed by atoms with Gasteiger partial charge in [-0.1, -0.05) is 24.9 Å². The number of hydrogen-bond donors (Lipinski definition) is 1. The molecular formula is C12H16ClN5. The number of hydrogen-bond acceptors (Lipinski definition) is 4. The third kappa shape index (κ3) is 2.98. The third-order valence-electron chi connectivity index (χ3n) is 2.60. The van der Waals surface area contributed by atoms with Gasteiger partial charge in [-0.15, -0.1) is 0 Å². The fraction of sp³-hybridized carbons (Fsp3) is 0.417. The topological polar surface area (TPSA) is 55.6 Å². The minimum Gasteiger partial charge on any atom is -0.364 e. The fourth-order valence-corrected chi connectivity index (χ4v) is 1.97. The Morgan fingerprint density at radius 2 is 2.22 bits per heavy atom. The maximum atomic E-state index is 6.08. The van der Waals surface area contributed by atoms with Gasteiger partial charge in [0.25, 0.3) is 0 Å². The van der Waals surface area contributed by atoms with Crippen LogP contribution >= 0.6 is 11.6 Å². The zero-order valence-electron chi connectivity index (χ0n) is 10.5. The Hall–Kier alpha value is -1.62. The molecule has 2 aromatic heterocycles. The van der Waals surface area contributed by atoms with Crippen molar-refractivity contribution >= 4 is 17.4 Å². The summed E-state index contributed by atoms with van der Waals surface area (Å²) in [6, 6.07) is 1.97. The monoisotopic (exact) mass is 265 g/mol. The van der Waals surface area contributed by atoms with Gasteiger partial charge in [-0.25, -0.2) is 9.97 Å². The van der Waals surface area contributed by atoms with E-state index in [9.17, 15) is 0 Å². The molecule has 0 bridgehead atoms. The number of anilines is 1. The fourth-order valence-electron chi connectivity index (χ4n) is 1.75. The lowest BCUT2D eigenvalue weighted by Crippen LogP contribution is -2.07. The van der Waals surface area contributed by atoms with Gasteiger partial charge in [0, 0.05) is 18.8 Å². The van der Waals surface area contributed by atoms with Gasteiger partial charge in [-0.3, -0.25) is 4.68 Å². The number of nitrogens with one attached hydrogen (secondary N) is 1. The Bertz CT molecular complexity index is 523. The minimum absolute atomic E-state index is 0.523. The summed E-state index contributed by atoms with van der Waals surface area (Å²) < 4.78 is 1.77. The molecule has 0 fully saturated rings. The molecule has 2 heterocycles. The van der Waals surface area contributed by atoms with E-state index in [-0.39, 0.29) is 0 Å². The maximum absolute atomic E-state index is 6.08. The molecule has 96 valence electrons. The second kappa shape index (κ2) is 5.82. The first kappa shape index (κ1) is 12.8. The summed E-state index contributed by atoms with van der Waals surface area (Å²) in [5.74, 6) is 0.794. The van der Waals surface area contributed by atoms with Gasteiger partial charge >= 0.3 is 0 Å². The van der Waals surface area contributed by atoms with Crippen molar-refractivity contribution in [2.75, 3.05) is 5.32 Å². The molecule has 0 atom stereocenters. The predicted molar refractivity (Wildman–Crippen MR) is 71.6 cm³/mol. The smallest absolute Gasteiger partial charge is 0.137 e. The highest BCUT2D eigenvalue weighted by atomic mass is 35.5. The molecule has 5 nitrogen and oxygen atoms in total. The Kier molecular flexibility index (Phi) is 4.15. The third-order valence-corrected chi connectivity index (χ3v) is 2.92. The number of rotatable bonds is 5. The molecule has 1 N–H and O–H groups in total. The first-order valence-corrected chi connectivity index (χ1v) is 6.30. The molecule has 0 aromatic carbocycles. The lowest BCUT2D eigenvalue weighted by Gasteiger charge is -2.10. The maximum Gasteiger partial charge on any atom is 0.137 e. The average Bonchev–Trinajstić information content (AvgIpc) is 2.76. The van der Waals surface area contributed by atoms with Crippen molar-refractivity contribution in [3.8, 4) is 0 Å². The van der Waals surface area contributed by atoms with E-state index in [0.29, 0.717) is 11.7 Å². The summed E-state index contributed by atoms with van der Waals surface area (Å²) in [5, 5.41) is 8.08. The van der Waals surface area contributed by atoms with Crippen LogP contribution < -0.4 is 5.32 Å². The van der Waals surface area contributed by atoms with Crippen molar-refractivity contribution in [2.24, 2.45) is 7.05 Å². The molecule has 0 amide bonds. The lowest BCUT2D eigenvalue weighted by molar-refractivity contribution is 0.746. The highest BCUT2D eigenvalue weighted by molar-refractivity contribution is 6.30. The van der Waals surface area contributed by atoms with E-state index in [0.717, 1.165) is 29.9 Å². The van der Waals surface area contributed by atoms with E-state index in [4.69, 9.17) is 11.6 Å². The minimum atomic E-state index is 0.523. The zero-order valence-corrected chi connectivity index (χ0v) is 11.3. The molecule has 18 heavy (non-hydrogen) atoms. The SMILES string of the molecule is CCCc1c(Cl)ncnc1NCc1ccn(C)n1. The highest BCUT2D eigenvalue weighted by Gasteiger charge is 2.09. The van der Waals surface area contributed by atoms with Crippen molar-refractivity contribution < 1.29 is 0 Å². The van der Waals surface area contributed by atoms with Crippen molar-refractivity contribution in [2.45, 2.75) is 26.3 Å². The summed E-state index contributed by atoms with van der Waals surface area (Å²) in [5.41, 5.74) is 1.94. The van der Waals surface area contributed by atoms with E-state index in [1.165, 1.54) is 6.33 Å². The number of nitrogens with zero attached hydrogens (tertiary/aromatic N) is 4. The second-order valence-electron chi connectivity index (χ2n) is 4.08. The molecule has 0 saturated heterocycles. The van der Waals surface area contributed by atoms with Crippen LogP contribution in [0.4, 0.5) is 5.82 Å². The zero-order chi connectivity index (χ0) is 13.0. The molecule has 0 radical (unpaired) electrons. The largest absolute Gasteiger partial charge is 0.364 e. The molecule has 0 unspecified atom stereocenters. The molecule has 0 aliphatic heterocycles. The van der Waals surface area contributed by atoms with E-state index in [2.05, 4.69) is 27.3 Å². The van der Waals surface area contributed by atoms with Gasteiger partial charge in [0.05, 0.1) is 12.2 Å². The Morgan fingerprint density at radius 3 is 2.89 bits per heavy atom. The second-order valence-corrected chi connectivity index (χ2v) is 4.43. The number of aryl methyl sites for hydroxylation is 1. The Labute approximate surface area is 111 Å². The van der Waals surface area contributed by atoms with Gasteiger partial charge in [-0.05, 0) is 12.5 Å². The van der Waals surface area contributed by atoms with Crippen LogP contribution in [-0.4, -0.2) is 19.7 Å². The lowest BCUT2D eigenvalue weighted by atomic mass is 10.2. The van der Waals surface area contributed by atoms with E-state index < -0.39 is 0 Å². The van der Waals surface area contributed by atoms with Gasteiger partial charge < -0.3 is 5.32 Å². The van der Waals surface area contributed by atoms with Gasteiger partial charge in [0.2, 0.25) is 0 Å². The summed E-state index contributed by atoms with van der Waals surface area (Å²) in [6.07, 6.45) is 5.26. The first-order valence-electron chi connectivity index (χ1n) is 5.92. The Balaban J connectivity index is 2.11. The first-order chi connectivity index (χ1) is 8.70. The molecule has 0 aliphatic rings. The molecular weight excluding hydrogens is 250 g/mol. The molecule has 0 saturated carbocycles. The van der Waals surface area contributed by atoms with Crippen LogP contribution in [0.2, 0.25) is 5.15 Å². The summed E-state index contributed by atoms with van der Waals surface area (Å²) in [4.78, 5) is 8.25. The van der Waals surface area contributed by atoms with Crippen LogP contribution in [0.3, 0.4) is 0 Å². The van der Waals surface area contributed by atoms with Crippen LogP contribution in [0.25, 0.3) is 0 Å². The quantitative estimate of drug-likeness (QED) is 0.844. The summed E-state index contributed by atoms with van der Waals surface area (Å²) in [7, 11) is 1.90. The van der Waals surface area contributed by atoms with Crippen LogP contribution in [0.1, 0.15) is 24.6 Å². The molecule has 0 aliphatic carbocycles. The number of aromatic nitrogens is 4. The van der Waals surface area contributed by atoms with Crippen molar-refractivity contribution in [1.82, 2.24) is 19.7 Å². The van der Waals surface area contributed by atoms with Crippen LogP contribution in [0.5, 0.6) is 0 Å². The van der Waals surface area contributed by atoms with Gasteiger partial charge in [0.15, 0.2) is 0 Å². The van der Waals surface area contributed by atoms with Gasteiger partial charge in [0.1, 0.15) is 17.3 Å². The average molecular weight is 266 g/mol. The highest BCUT2D eigenvalue weighted by Crippen LogP contribution is 2.21. The van der Waals surface area contributed by atoms with Crippen molar-refractivity contribution in [1.29, 1.82) is 0 Å². The predicted octanol–water partition coefficient (Wildman–Crippen LogP) is 2.43. The van der Waals surface area contributed by atoms with Crippen molar-refractivity contribution in [3.05, 3.63) is 35.0 Å². The summed E-state index contributed by atoms with van der Waals surface area (Å²) in [6.45, 7) is 2.73.